The number of nitrogens with one attached hydrogen (secondary N) is 2. The largest absolute Gasteiger partial charge is 0.355 e. The molecule has 0 saturated heterocycles. The van der Waals surface area contributed by atoms with Gasteiger partial charge in [0.05, 0.1) is 21.7 Å². The van der Waals surface area contributed by atoms with Crippen LogP contribution in [0.15, 0.2) is 18.2 Å². The van der Waals surface area contributed by atoms with E-state index in [1.165, 1.54) is 49.2 Å². The molecular formula is C17H24N4O3S. The van der Waals surface area contributed by atoms with Crippen LogP contribution < -0.4 is 10.6 Å². The minimum Gasteiger partial charge on any atom is -0.355 e. The second kappa shape index (κ2) is 9.93. The number of carbonyl (C=O) groups excluding carboxylic acids is 1. The summed E-state index contributed by atoms with van der Waals surface area (Å²) in [5, 5.41) is 17.2. The Hall–Kier alpha value is -2.22. The van der Waals surface area contributed by atoms with Gasteiger partial charge in [-0.05, 0) is 12.5 Å². The molecule has 0 aliphatic carbocycles. The zero-order valence-corrected chi connectivity index (χ0v) is 15.2. The topological polar surface area (TPSA) is 97.2 Å². The molecule has 0 unspecified atom stereocenters. The van der Waals surface area contributed by atoms with Gasteiger partial charge in [-0.15, -0.1) is 0 Å². The minimum absolute atomic E-state index is 0.0411. The minimum atomic E-state index is -0.429. The Morgan fingerprint density at radius 1 is 1.24 bits per heavy atom. The van der Waals surface area contributed by atoms with Crippen molar-refractivity contribution < 1.29 is 9.72 Å². The second-order valence-corrected chi connectivity index (χ2v) is 6.93. The highest BCUT2D eigenvalue weighted by Gasteiger charge is 2.10. The van der Waals surface area contributed by atoms with E-state index in [4.69, 9.17) is 0 Å². The first-order valence-electron chi connectivity index (χ1n) is 8.65. The Bertz CT molecular complexity index is 717. The highest BCUT2D eigenvalue weighted by Crippen LogP contribution is 2.28. The highest BCUT2D eigenvalue weighted by molar-refractivity contribution is 7.22. The molecule has 0 radical (unpaired) electrons. The van der Waals surface area contributed by atoms with E-state index < -0.39 is 4.92 Å². The lowest BCUT2D eigenvalue weighted by Crippen LogP contribution is -2.30. The predicted octanol–water partition coefficient (Wildman–Crippen LogP) is 4.09. The third kappa shape index (κ3) is 6.30. The first kappa shape index (κ1) is 19.1. The normalized spacial score (nSPS) is 10.8. The third-order valence-electron chi connectivity index (χ3n) is 3.84. The van der Waals surface area contributed by atoms with Crippen LogP contribution in [0.1, 0.15) is 45.4 Å². The van der Waals surface area contributed by atoms with Crippen molar-refractivity contribution in [2.75, 3.05) is 18.4 Å². The number of anilines is 1. The molecule has 1 amide bonds. The van der Waals surface area contributed by atoms with Crippen molar-refractivity contribution in [1.29, 1.82) is 0 Å². The van der Waals surface area contributed by atoms with Crippen LogP contribution in [-0.4, -0.2) is 28.9 Å². The second-order valence-electron chi connectivity index (χ2n) is 5.90. The standard InChI is InChI=1S/C17H24N4O3S/c1-2-3-4-5-6-7-10-18-16(22)12-19-17-20-14-9-8-13(21(23)24)11-15(14)25-17/h8-9,11H,2-7,10,12H2,1H3,(H,18,22)(H,19,20). The van der Waals surface area contributed by atoms with Crippen molar-refractivity contribution in [3.63, 3.8) is 0 Å². The van der Waals surface area contributed by atoms with E-state index in [0.29, 0.717) is 17.2 Å². The molecule has 8 heteroatoms. The zero-order valence-electron chi connectivity index (χ0n) is 14.4. The molecule has 0 aliphatic rings. The van der Waals surface area contributed by atoms with Gasteiger partial charge in [0.25, 0.3) is 5.69 Å². The number of non-ortho nitro benzene ring substituents is 1. The van der Waals surface area contributed by atoms with Crippen LogP contribution in [0.5, 0.6) is 0 Å². The molecule has 2 rings (SSSR count). The number of thiazole rings is 1. The molecule has 0 saturated carbocycles. The number of amides is 1. The van der Waals surface area contributed by atoms with Gasteiger partial charge in [0, 0.05) is 18.7 Å². The molecule has 0 fully saturated rings. The fourth-order valence-corrected chi connectivity index (χ4v) is 3.35. The Labute approximate surface area is 151 Å². The molecule has 1 aromatic carbocycles. The fraction of sp³-hybridized carbons (Fsp3) is 0.529. The molecule has 0 atom stereocenters. The Kier molecular flexibility index (Phi) is 7.59. The number of nitro benzene ring substituents is 1. The Morgan fingerprint density at radius 2 is 2.00 bits per heavy atom. The third-order valence-corrected chi connectivity index (χ3v) is 4.81. The van der Waals surface area contributed by atoms with Gasteiger partial charge in [-0.2, -0.15) is 0 Å². The van der Waals surface area contributed by atoms with E-state index in [0.717, 1.165) is 17.5 Å². The average molecular weight is 364 g/mol. The van der Waals surface area contributed by atoms with Gasteiger partial charge < -0.3 is 10.6 Å². The fourth-order valence-electron chi connectivity index (χ4n) is 2.45. The van der Waals surface area contributed by atoms with Crippen molar-refractivity contribution in [2.24, 2.45) is 0 Å². The predicted molar refractivity (Wildman–Crippen MR) is 101 cm³/mol. The lowest BCUT2D eigenvalue weighted by atomic mass is 10.1. The summed E-state index contributed by atoms with van der Waals surface area (Å²) in [5.74, 6) is -0.0706. The van der Waals surface area contributed by atoms with E-state index in [-0.39, 0.29) is 18.1 Å². The van der Waals surface area contributed by atoms with Crippen molar-refractivity contribution in [2.45, 2.75) is 45.4 Å². The number of hydrogen-bond donors (Lipinski definition) is 2. The maximum atomic E-state index is 11.8. The molecule has 0 spiro atoms. The van der Waals surface area contributed by atoms with Gasteiger partial charge in [-0.3, -0.25) is 14.9 Å². The molecule has 0 bridgehead atoms. The number of hydrogen-bond acceptors (Lipinski definition) is 6. The molecule has 1 heterocycles. The molecular weight excluding hydrogens is 340 g/mol. The molecule has 2 aromatic rings. The highest BCUT2D eigenvalue weighted by atomic mass is 32.1. The van der Waals surface area contributed by atoms with Crippen LogP contribution in [0.2, 0.25) is 0 Å². The summed E-state index contributed by atoms with van der Waals surface area (Å²) >= 11 is 1.30. The van der Waals surface area contributed by atoms with Crippen LogP contribution in [0, 0.1) is 10.1 Å². The van der Waals surface area contributed by atoms with Crippen LogP contribution >= 0.6 is 11.3 Å². The van der Waals surface area contributed by atoms with E-state index in [2.05, 4.69) is 22.5 Å². The number of nitrogens with zero attached hydrogens (tertiary/aromatic N) is 2. The number of rotatable bonds is 11. The smallest absolute Gasteiger partial charge is 0.270 e. The lowest BCUT2D eigenvalue weighted by molar-refractivity contribution is -0.384. The monoisotopic (exact) mass is 364 g/mol. The number of fused-ring (bicyclic) bond motifs is 1. The van der Waals surface area contributed by atoms with Gasteiger partial charge in [0.1, 0.15) is 0 Å². The molecule has 136 valence electrons. The Balaban J connectivity index is 1.71. The van der Waals surface area contributed by atoms with Crippen molar-refractivity contribution in [3.05, 3.63) is 28.3 Å². The number of aromatic nitrogens is 1. The maximum absolute atomic E-state index is 11.8. The quantitative estimate of drug-likeness (QED) is 0.355. The van der Waals surface area contributed by atoms with E-state index >= 15 is 0 Å². The van der Waals surface area contributed by atoms with Gasteiger partial charge in [0.15, 0.2) is 5.13 Å². The average Bonchev–Trinajstić information content (AvgIpc) is 3.01. The van der Waals surface area contributed by atoms with Gasteiger partial charge in [0.2, 0.25) is 5.91 Å². The summed E-state index contributed by atoms with van der Waals surface area (Å²) in [6, 6.07) is 4.55. The van der Waals surface area contributed by atoms with Crippen LogP contribution in [0.25, 0.3) is 10.2 Å². The van der Waals surface area contributed by atoms with E-state index in [9.17, 15) is 14.9 Å². The van der Waals surface area contributed by atoms with Crippen molar-refractivity contribution >= 4 is 38.3 Å². The summed E-state index contributed by atoms with van der Waals surface area (Å²) in [7, 11) is 0. The summed E-state index contributed by atoms with van der Waals surface area (Å²) in [6.07, 6.45) is 7.15. The summed E-state index contributed by atoms with van der Waals surface area (Å²) in [4.78, 5) is 26.5. The zero-order chi connectivity index (χ0) is 18.1. The molecule has 7 nitrogen and oxygen atoms in total. The van der Waals surface area contributed by atoms with Crippen LogP contribution in [0.4, 0.5) is 10.8 Å². The number of unbranched alkanes of at least 4 members (excludes halogenated alkanes) is 5. The first-order valence-corrected chi connectivity index (χ1v) is 9.47. The number of carbonyl (C=O) groups is 1. The molecule has 0 aliphatic heterocycles. The molecule has 25 heavy (non-hydrogen) atoms. The summed E-state index contributed by atoms with van der Waals surface area (Å²) in [6.45, 7) is 3.04. The summed E-state index contributed by atoms with van der Waals surface area (Å²) < 4.78 is 0.726. The van der Waals surface area contributed by atoms with Crippen LogP contribution in [0.3, 0.4) is 0 Å². The summed E-state index contributed by atoms with van der Waals surface area (Å²) in [5.41, 5.74) is 0.727. The van der Waals surface area contributed by atoms with Crippen molar-refractivity contribution in [1.82, 2.24) is 10.3 Å². The number of benzene rings is 1. The number of nitro groups is 1. The van der Waals surface area contributed by atoms with Crippen molar-refractivity contribution in [3.8, 4) is 0 Å². The SMILES string of the molecule is CCCCCCCCNC(=O)CNc1nc2ccc([N+](=O)[O-])cc2s1. The lowest BCUT2D eigenvalue weighted by Gasteiger charge is -2.05. The first-order chi connectivity index (χ1) is 12.1. The Morgan fingerprint density at radius 3 is 2.76 bits per heavy atom. The van der Waals surface area contributed by atoms with E-state index in [1.807, 2.05) is 0 Å². The van der Waals surface area contributed by atoms with Gasteiger partial charge >= 0.3 is 0 Å². The molecule has 1 aromatic heterocycles. The van der Waals surface area contributed by atoms with Crippen LogP contribution in [-0.2, 0) is 4.79 Å². The van der Waals surface area contributed by atoms with Gasteiger partial charge in [-0.25, -0.2) is 4.98 Å². The molecule has 2 N–H and O–H groups in total. The maximum Gasteiger partial charge on any atom is 0.270 e. The van der Waals surface area contributed by atoms with E-state index in [1.54, 1.807) is 6.07 Å². The van der Waals surface area contributed by atoms with Gasteiger partial charge in [-0.1, -0.05) is 50.4 Å².